The van der Waals surface area contributed by atoms with Crippen molar-refractivity contribution in [2.24, 2.45) is 0 Å². The summed E-state index contributed by atoms with van der Waals surface area (Å²) in [6.45, 7) is 2.10. The molecule has 2 aromatic carbocycles. The van der Waals surface area contributed by atoms with E-state index >= 15 is 0 Å². The van der Waals surface area contributed by atoms with E-state index in [-0.39, 0.29) is 5.56 Å². The molecule has 1 nitrogen and oxygen atoms in total. The summed E-state index contributed by atoms with van der Waals surface area (Å²) in [7, 11) is 0. The van der Waals surface area contributed by atoms with Crippen molar-refractivity contribution in [3.8, 4) is 0 Å². The Bertz CT molecular complexity index is 653. The van der Waals surface area contributed by atoms with Gasteiger partial charge in [0.1, 0.15) is 17.2 Å². The molecule has 20 heavy (non-hydrogen) atoms. The summed E-state index contributed by atoms with van der Waals surface area (Å²) in [5.74, 6) is -1.00. The average Bonchev–Trinajstić information content (AvgIpc) is 2.43. The number of hydrogen-bond acceptors (Lipinski definition) is 1. The molecule has 0 bridgehead atoms. The predicted octanol–water partition coefficient (Wildman–Crippen LogP) is 4.10. The van der Waals surface area contributed by atoms with Crippen LogP contribution < -0.4 is 0 Å². The van der Waals surface area contributed by atoms with Gasteiger partial charge in [0.2, 0.25) is 0 Å². The minimum Gasteiger partial charge on any atom is -0.380 e. The SMILES string of the molecule is CC1CCC(O)(c2ccc(F)cc2F)c2ccccc21. The van der Waals surface area contributed by atoms with Gasteiger partial charge < -0.3 is 5.11 Å². The highest BCUT2D eigenvalue weighted by atomic mass is 19.1. The summed E-state index contributed by atoms with van der Waals surface area (Å²) in [5.41, 5.74) is 0.536. The number of fused-ring (bicyclic) bond motifs is 1. The maximum absolute atomic E-state index is 14.1. The predicted molar refractivity (Wildman–Crippen MR) is 73.4 cm³/mol. The fourth-order valence-corrected chi connectivity index (χ4v) is 3.12. The normalized spacial score (nSPS) is 25.3. The largest absolute Gasteiger partial charge is 0.380 e. The van der Waals surface area contributed by atoms with Crippen LogP contribution in [0.1, 0.15) is 42.4 Å². The lowest BCUT2D eigenvalue weighted by molar-refractivity contribution is 0.0542. The lowest BCUT2D eigenvalue weighted by Crippen LogP contribution is -2.33. The summed E-state index contributed by atoms with van der Waals surface area (Å²) in [4.78, 5) is 0. The number of halogens is 2. The molecule has 1 aliphatic rings. The van der Waals surface area contributed by atoms with Crippen molar-refractivity contribution in [1.82, 2.24) is 0 Å². The van der Waals surface area contributed by atoms with Crippen LogP contribution in [0.4, 0.5) is 8.78 Å². The van der Waals surface area contributed by atoms with E-state index in [1.165, 1.54) is 12.1 Å². The van der Waals surface area contributed by atoms with Crippen molar-refractivity contribution >= 4 is 0 Å². The average molecular weight is 274 g/mol. The molecule has 2 aromatic rings. The van der Waals surface area contributed by atoms with E-state index in [0.29, 0.717) is 12.3 Å². The molecule has 2 unspecified atom stereocenters. The highest BCUT2D eigenvalue weighted by molar-refractivity contribution is 5.44. The number of rotatable bonds is 1. The van der Waals surface area contributed by atoms with Crippen molar-refractivity contribution in [3.63, 3.8) is 0 Å². The van der Waals surface area contributed by atoms with Crippen LogP contribution >= 0.6 is 0 Å². The zero-order valence-electron chi connectivity index (χ0n) is 11.2. The Morgan fingerprint density at radius 1 is 1.10 bits per heavy atom. The van der Waals surface area contributed by atoms with Crippen LogP contribution in [0.2, 0.25) is 0 Å². The molecule has 0 amide bonds. The monoisotopic (exact) mass is 274 g/mol. The van der Waals surface area contributed by atoms with Crippen LogP contribution in [-0.4, -0.2) is 5.11 Å². The van der Waals surface area contributed by atoms with Gasteiger partial charge in [-0.25, -0.2) is 8.78 Å². The van der Waals surface area contributed by atoms with Crippen molar-refractivity contribution in [2.75, 3.05) is 0 Å². The fraction of sp³-hybridized carbons (Fsp3) is 0.294. The molecule has 0 aromatic heterocycles. The van der Waals surface area contributed by atoms with E-state index in [4.69, 9.17) is 0 Å². The molecular weight excluding hydrogens is 258 g/mol. The summed E-state index contributed by atoms with van der Waals surface area (Å²) >= 11 is 0. The Morgan fingerprint density at radius 3 is 2.60 bits per heavy atom. The summed E-state index contributed by atoms with van der Waals surface area (Å²) in [6.07, 6.45) is 1.21. The molecular formula is C17H16F2O. The Morgan fingerprint density at radius 2 is 1.85 bits per heavy atom. The molecule has 2 atom stereocenters. The molecule has 0 spiro atoms. The highest BCUT2D eigenvalue weighted by Gasteiger charge is 2.39. The van der Waals surface area contributed by atoms with E-state index in [9.17, 15) is 13.9 Å². The van der Waals surface area contributed by atoms with Crippen molar-refractivity contribution in [2.45, 2.75) is 31.3 Å². The topological polar surface area (TPSA) is 20.2 Å². The van der Waals surface area contributed by atoms with Crippen LogP contribution in [-0.2, 0) is 5.60 Å². The van der Waals surface area contributed by atoms with Gasteiger partial charge in [0, 0.05) is 11.6 Å². The lowest BCUT2D eigenvalue weighted by Gasteiger charge is -2.37. The number of hydrogen-bond donors (Lipinski definition) is 1. The quantitative estimate of drug-likeness (QED) is 0.830. The molecule has 0 heterocycles. The van der Waals surface area contributed by atoms with Crippen molar-refractivity contribution in [3.05, 3.63) is 70.8 Å². The van der Waals surface area contributed by atoms with Gasteiger partial charge in [-0.3, -0.25) is 0 Å². The third-order valence-corrected chi connectivity index (χ3v) is 4.25. The van der Waals surface area contributed by atoms with Gasteiger partial charge in [-0.15, -0.1) is 0 Å². The minimum absolute atomic E-state index is 0.151. The molecule has 0 radical (unpaired) electrons. The van der Waals surface area contributed by atoms with Crippen LogP contribution in [0.5, 0.6) is 0 Å². The molecule has 1 N–H and O–H groups in total. The van der Waals surface area contributed by atoms with Crippen LogP contribution in [0, 0.1) is 11.6 Å². The molecule has 0 fully saturated rings. The molecule has 3 heteroatoms. The van der Waals surface area contributed by atoms with E-state index in [1.54, 1.807) is 0 Å². The lowest BCUT2D eigenvalue weighted by atomic mass is 9.71. The third kappa shape index (κ3) is 1.93. The van der Waals surface area contributed by atoms with Crippen LogP contribution in [0.25, 0.3) is 0 Å². The van der Waals surface area contributed by atoms with Gasteiger partial charge >= 0.3 is 0 Å². The Hall–Kier alpha value is -1.74. The maximum atomic E-state index is 14.1. The highest BCUT2D eigenvalue weighted by Crippen LogP contribution is 2.45. The zero-order valence-corrected chi connectivity index (χ0v) is 11.2. The smallest absolute Gasteiger partial charge is 0.132 e. The standard InChI is InChI=1S/C17H16F2O/c1-11-8-9-17(20,14-5-3-2-4-13(11)14)15-7-6-12(18)10-16(15)19/h2-7,10-11,20H,8-9H2,1H3. The van der Waals surface area contributed by atoms with Crippen LogP contribution in [0.15, 0.2) is 42.5 Å². The Kier molecular flexibility index (Phi) is 3.09. The summed E-state index contributed by atoms with van der Waals surface area (Å²) < 4.78 is 27.1. The van der Waals surface area contributed by atoms with Crippen LogP contribution in [0.3, 0.4) is 0 Å². The third-order valence-electron chi connectivity index (χ3n) is 4.25. The maximum Gasteiger partial charge on any atom is 0.132 e. The van der Waals surface area contributed by atoms with Crippen molar-refractivity contribution < 1.29 is 13.9 Å². The first-order valence-corrected chi connectivity index (χ1v) is 6.79. The molecule has 104 valence electrons. The zero-order chi connectivity index (χ0) is 14.3. The Labute approximate surface area is 116 Å². The van der Waals surface area contributed by atoms with Gasteiger partial charge in [0.15, 0.2) is 0 Å². The van der Waals surface area contributed by atoms with Gasteiger partial charge in [-0.05, 0) is 42.0 Å². The first-order valence-electron chi connectivity index (χ1n) is 6.79. The van der Waals surface area contributed by atoms with E-state index in [0.717, 1.165) is 23.6 Å². The van der Waals surface area contributed by atoms with E-state index in [1.807, 2.05) is 24.3 Å². The second-order valence-corrected chi connectivity index (χ2v) is 5.51. The molecule has 0 aliphatic heterocycles. The van der Waals surface area contributed by atoms with Crippen molar-refractivity contribution in [1.29, 1.82) is 0 Å². The second-order valence-electron chi connectivity index (χ2n) is 5.51. The van der Waals surface area contributed by atoms with Gasteiger partial charge in [0.25, 0.3) is 0 Å². The van der Waals surface area contributed by atoms with Gasteiger partial charge in [-0.1, -0.05) is 31.2 Å². The first-order chi connectivity index (χ1) is 9.52. The van der Waals surface area contributed by atoms with E-state index < -0.39 is 17.2 Å². The summed E-state index contributed by atoms with van der Waals surface area (Å²) in [5, 5.41) is 11.0. The Balaban J connectivity index is 2.20. The number of benzene rings is 2. The van der Waals surface area contributed by atoms with Gasteiger partial charge in [-0.2, -0.15) is 0 Å². The number of aliphatic hydroxyl groups is 1. The molecule has 3 rings (SSSR count). The van der Waals surface area contributed by atoms with E-state index in [2.05, 4.69) is 6.92 Å². The molecule has 0 saturated heterocycles. The molecule has 0 saturated carbocycles. The summed E-state index contributed by atoms with van der Waals surface area (Å²) in [6, 6.07) is 10.9. The fourth-order valence-electron chi connectivity index (χ4n) is 3.12. The minimum atomic E-state index is -1.37. The molecule has 1 aliphatic carbocycles. The second kappa shape index (κ2) is 4.67. The van der Waals surface area contributed by atoms with Gasteiger partial charge in [0.05, 0.1) is 0 Å². The first kappa shape index (κ1) is 13.3.